The zero-order valence-electron chi connectivity index (χ0n) is 16.8. The Morgan fingerprint density at radius 2 is 1.79 bits per heavy atom. The number of benzene rings is 1. The second kappa shape index (κ2) is 8.76. The van der Waals surface area contributed by atoms with Crippen molar-refractivity contribution in [3.63, 3.8) is 0 Å². The smallest absolute Gasteiger partial charge is 0.303 e. The van der Waals surface area contributed by atoms with Gasteiger partial charge in [0.15, 0.2) is 5.82 Å². The first-order valence-corrected chi connectivity index (χ1v) is 10.5. The molecule has 1 saturated heterocycles. The number of carbonyl (C=O) groups excluding carboxylic acids is 2. The van der Waals surface area contributed by atoms with Crippen LogP contribution in [0.15, 0.2) is 34.9 Å². The molecule has 0 N–H and O–H groups in total. The van der Waals surface area contributed by atoms with Crippen LogP contribution in [0.4, 0.5) is 0 Å². The van der Waals surface area contributed by atoms with Crippen LogP contribution in [0, 0.1) is 5.92 Å². The highest BCUT2D eigenvalue weighted by molar-refractivity contribution is 5.79. The van der Waals surface area contributed by atoms with E-state index in [1.165, 1.54) is 19.8 Å². The zero-order chi connectivity index (χ0) is 20.2. The van der Waals surface area contributed by atoms with E-state index in [-0.39, 0.29) is 17.7 Å². The minimum atomic E-state index is -0.709. The van der Waals surface area contributed by atoms with Gasteiger partial charge in [0.2, 0.25) is 12.0 Å². The molecule has 1 aliphatic heterocycles. The summed E-state index contributed by atoms with van der Waals surface area (Å²) in [5.74, 6) is 1.19. The number of hydrogen-bond donors (Lipinski definition) is 0. The Balaban J connectivity index is 1.42. The van der Waals surface area contributed by atoms with Gasteiger partial charge in [0.05, 0.1) is 0 Å². The van der Waals surface area contributed by atoms with Gasteiger partial charge in [0.25, 0.3) is 5.89 Å². The molecule has 29 heavy (non-hydrogen) atoms. The van der Waals surface area contributed by atoms with Crippen molar-refractivity contribution in [2.24, 2.45) is 5.92 Å². The first kappa shape index (κ1) is 19.6. The van der Waals surface area contributed by atoms with Crippen molar-refractivity contribution in [1.82, 2.24) is 15.0 Å². The molecule has 4 rings (SSSR count). The van der Waals surface area contributed by atoms with Crippen molar-refractivity contribution in [3.8, 4) is 0 Å². The quantitative estimate of drug-likeness (QED) is 0.717. The Kier molecular flexibility index (Phi) is 5.92. The number of ether oxygens (including phenoxy) is 1. The van der Waals surface area contributed by atoms with Gasteiger partial charge in [-0.2, -0.15) is 4.98 Å². The number of amides is 1. The molecule has 1 saturated carbocycles. The standard InChI is InChI=1S/C22H27N3O4/c1-15(26)28-19(16-7-3-2-4-8-16)21-23-20(24-29-21)17-11-13-25(14-12-17)22(27)18-9-5-6-10-18/h2-4,7-8,17-19H,5-6,9-14H2,1H3/t19-/m1/s1. The summed E-state index contributed by atoms with van der Waals surface area (Å²) < 4.78 is 10.9. The molecule has 1 aliphatic carbocycles. The number of rotatable bonds is 5. The second-order valence-electron chi connectivity index (χ2n) is 7.97. The van der Waals surface area contributed by atoms with Crippen LogP contribution >= 0.6 is 0 Å². The molecule has 2 aromatic rings. The molecule has 7 heteroatoms. The molecule has 1 atom stereocenters. The van der Waals surface area contributed by atoms with Gasteiger partial charge in [-0.3, -0.25) is 9.59 Å². The predicted molar refractivity (Wildman–Crippen MR) is 105 cm³/mol. The number of nitrogens with zero attached hydrogens (tertiary/aromatic N) is 3. The maximum absolute atomic E-state index is 12.6. The number of carbonyl (C=O) groups is 2. The van der Waals surface area contributed by atoms with Crippen LogP contribution in [0.2, 0.25) is 0 Å². The molecular formula is C22H27N3O4. The van der Waals surface area contributed by atoms with E-state index < -0.39 is 12.1 Å². The molecule has 154 valence electrons. The third kappa shape index (κ3) is 4.49. The van der Waals surface area contributed by atoms with Crippen LogP contribution in [-0.4, -0.2) is 40.0 Å². The van der Waals surface area contributed by atoms with Crippen molar-refractivity contribution in [2.45, 2.75) is 57.5 Å². The Hall–Kier alpha value is -2.70. The van der Waals surface area contributed by atoms with E-state index in [1.54, 1.807) is 0 Å². The van der Waals surface area contributed by atoms with E-state index in [0.717, 1.165) is 44.3 Å². The summed E-state index contributed by atoms with van der Waals surface area (Å²) in [6, 6.07) is 9.38. The Bertz CT molecular complexity index is 837. The normalized spacial score (nSPS) is 19.3. The van der Waals surface area contributed by atoms with E-state index in [4.69, 9.17) is 9.26 Å². The number of aromatic nitrogens is 2. The van der Waals surface area contributed by atoms with Gasteiger partial charge in [0, 0.05) is 37.4 Å². The SMILES string of the molecule is CC(=O)O[C@H](c1ccccc1)c1nc(C2CCN(C(=O)C3CCCC3)CC2)no1. The van der Waals surface area contributed by atoms with E-state index in [0.29, 0.717) is 11.7 Å². The van der Waals surface area contributed by atoms with Gasteiger partial charge in [-0.25, -0.2) is 0 Å². The first-order chi connectivity index (χ1) is 14.1. The molecule has 0 unspecified atom stereocenters. The highest BCUT2D eigenvalue weighted by atomic mass is 16.6. The molecule has 0 radical (unpaired) electrons. The Labute approximate surface area is 170 Å². The minimum Gasteiger partial charge on any atom is -0.447 e. The summed E-state index contributed by atoms with van der Waals surface area (Å²) in [7, 11) is 0. The summed E-state index contributed by atoms with van der Waals surface area (Å²) in [4.78, 5) is 30.7. The molecule has 1 aromatic heterocycles. The van der Waals surface area contributed by atoms with E-state index in [1.807, 2.05) is 35.2 Å². The van der Waals surface area contributed by atoms with Crippen LogP contribution < -0.4 is 0 Å². The molecule has 1 aromatic carbocycles. The number of esters is 1. The second-order valence-corrected chi connectivity index (χ2v) is 7.97. The molecular weight excluding hydrogens is 370 g/mol. The fraction of sp³-hybridized carbons (Fsp3) is 0.545. The van der Waals surface area contributed by atoms with Crippen molar-refractivity contribution < 1.29 is 18.8 Å². The van der Waals surface area contributed by atoms with Crippen LogP contribution in [0.3, 0.4) is 0 Å². The number of piperidine rings is 1. The van der Waals surface area contributed by atoms with Gasteiger partial charge >= 0.3 is 5.97 Å². The maximum Gasteiger partial charge on any atom is 0.303 e. The van der Waals surface area contributed by atoms with Gasteiger partial charge in [-0.15, -0.1) is 0 Å². The summed E-state index contributed by atoms with van der Waals surface area (Å²) >= 11 is 0. The lowest BCUT2D eigenvalue weighted by atomic mass is 9.94. The van der Waals surface area contributed by atoms with E-state index in [2.05, 4.69) is 10.1 Å². The summed E-state index contributed by atoms with van der Waals surface area (Å²) in [6.07, 6.45) is 5.34. The predicted octanol–water partition coefficient (Wildman–Crippen LogP) is 3.62. The van der Waals surface area contributed by atoms with Crippen LogP contribution in [0.1, 0.15) is 74.7 Å². The van der Waals surface area contributed by atoms with E-state index in [9.17, 15) is 9.59 Å². The Morgan fingerprint density at radius 1 is 1.10 bits per heavy atom. The molecule has 2 fully saturated rings. The van der Waals surface area contributed by atoms with Crippen molar-refractivity contribution in [1.29, 1.82) is 0 Å². The zero-order valence-corrected chi connectivity index (χ0v) is 16.8. The van der Waals surface area contributed by atoms with Gasteiger partial charge in [-0.1, -0.05) is 48.3 Å². The molecule has 2 aliphatic rings. The average molecular weight is 397 g/mol. The number of likely N-dealkylation sites (tertiary alicyclic amines) is 1. The van der Waals surface area contributed by atoms with E-state index >= 15 is 0 Å². The maximum atomic E-state index is 12.6. The molecule has 0 spiro atoms. The monoisotopic (exact) mass is 397 g/mol. The highest BCUT2D eigenvalue weighted by Gasteiger charge is 2.32. The summed E-state index contributed by atoms with van der Waals surface area (Å²) in [5, 5.41) is 4.16. The highest BCUT2D eigenvalue weighted by Crippen LogP contribution is 2.32. The number of hydrogen-bond acceptors (Lipinski definition) is 6. The molecule has 0 bridgehead atoms. The first-order valence-electron chi connectivity index (χ1n) is 10.5. The topological polar surface area (TPSA) is 85.5 Å². The van der Waals surface area contributed by atoms with Gasteiger partial charge in [-0.05, 0) is 25.7 Å². The van der Waals surface area contributed by atoms with Gasteiger partial charge in [0.1, 0.15) is 0 Å². The van der Waals surface area contributed by atoms with Crippen LogP contribution in [0.5, 0.6) is 0 Å². The lowest BCUT2D eigenvalue weighted by molar-refractivity contribution is -0.145. The van der Waals surface area contributed by atoms with Crippen LogP contribution in [0.25, 0.3) is 0 Å². The van der Waals surface area contributed by atoms with Crippen molar-refractivity contribution in [3.05, 3.63) is 47.6 Å². The third-order valence-corrected chi connectivity index (χ3v) is 5.94. The Morgan fingerprint density at radius 3 is 2.45 bits per heavy atom. The third-order valence-electron chi connectivity index (χ3n) is 5.94. The molecule has 2 heterocycles. The minimum absolute atomic E-state index is 0.147. The molecule has 1 amide bonds. The largest absolute Gasteiger partial charge is 0.447 e. The molecule has 7 nitrogen and oxygen atoms in total. The van der Waals surface area contributed by atoms with Crippen molar-refractivity contribution in [2.75, 3.05) is 13.1 Å². The summed E-state index contributed by atoms with van der Waals surface area (Å²) in [5.41, 5.74) is 0.787. The van der Waals surface area contributed by atoms with Crippen LogP contribution in [-0.2, 0) is 14.3 Å². The average Bonchev–Trinajstić information content (AvgIpc) is 3.44. The fourth-order valence-electron chi connectivity index (χ4n) is 4.36. The summed E-state index contributed by atoms with van der Waals surface area (Å²) in [6.45, 7) is 2.83. The lowest BCUT2D eigenvalue weighted by Crippen LogP contribution is -2.41. The van der Waals surface area contributed by atoms with Gasteiger partial charge < -0.3 is 14.2 Å². The lowest BCUT2D eigenvalue weighted by Gasteiger charge is -2.32. The fourth-order valence-corrected chi connectivity index (χ4v) is 4.36. The van der Waals surface area contributed by atoms with Crippen molar-refractivity contribution >= 4 is 11.9 Å².